The van der Waals surface area contributed by atoms with Crippen LogP contribution in [0.15, 0.2) is 24.3 Å². The molecule has 2 unspecified atom stereocenters. The molecular weight excluding hydrogens is 324 g/mol. The third kappa shape index (κ3) is 17.1. The molecule has 1 aromatic rings. The lowest BCUT2D eigenvalue weighted by Gasteiger charge is -2.14. The average Bonchev–Trinajstić information content (AvgIpc) is 2.73. The maximum absolute atomic E-state index is 2.33. The van der Waals surface area contributed by atoms with Crippen molar-refractivity contribution in [2.24, 2.45) is 11.8 Å². The summed E-state index contributed by atoms with van der Waals surface area (Å²) in [6, 6.07) is 9.21. The SMILES string of the molecule is CC.CCCCC(C)CC.CCCCCC(CC)Cc1ccc(CC)cc1. The summed E-state index contributed by atoms with van der Waals surface area (Å²) >= 11 is 0. The van der Waals surface area contributed by atoms with Gasteiger partial charge in [-0.3, -0.25) is 0 Å². The fourth-order valence-electron chi connectivity index (χ4n) is 3.13. The molecule has 0 heterocycles. The quantitative estimate of drug-likeness (QED) is 0.318. The molecule has 0 bridgehead atoms. The van der Waals surface area contributed by atoms with Crippen molar-refractivity contribution in [3.05, 3.63) is 35.4 Å². The van der Waals surface area contributed by atoms with Gasteiger partial charge in [-0.05, 0) is 35.8 Å². The number of unbranched alkanes of at least 4 members (excludes halogenated alkanes) is 3. The Bertz CT molecular complexity index is 376. The van der Waals surface area contributed by atoms with E-state index in [1.165, 1.54) is 75.3 Å². The zero-order chi connectivity index (χ0) is 20.9. The zero-order valence-corrected chi connectivity index (χ0v) is 20.2. The largest absolute Gasteiger partial charge is 0.0683 e. The third-order valence-corrected chi connectivity index (χ3v) is 5.50. The summed E-state index contributed by atoms with van der Waals surface area (Å²) in [5.41, 5.74) is 2.97. The van der Waals surface area contributed by atoms with Crippen LogP contribution >= 0.6 is 0 Å². The third-order valence-electron chi connectivity index (χ3n) is 5.50. The first-order valence-corrected chi connectivity index (χ1v) is 12.2. The second kappa shape index (κ2) is 21.5. The first kappa shape index (κ1) is 28.4. The second-order valence-electron chi connectivity index (χ2n) is 7.80. The van der Waals surface area contributed by atoms with Gasteiger partial charge < -0.3 is 0 Å². The standard InChI is InChI=1S/C17H28.C8H18.C2H6/c1-4-7-8-9-16(6-3)14-17-12-10-15(5-2)11-13-17;1-4-6-7-8(3)5-2;1-2/h10-13,16H,4-9,14H2,1-3H3;8H,4-7H2,1-3H3;1-2H3. The fourth-order valence-corrected chi connectivity index (χ4v) is 3.13. The normalized spacial score (nSPS) is 12.3. The molecule has 27 heavy (non-hydrogen) atoms. The number of aryl methyl sites for hydroxylation is 1. The highest BCUT2D eigenvalue weighted by atomic mass is 14.1. The minimum Gasteiger partial charge on any atom is -0.0683 e. The highest BCUT2D eigenvalue weighted by Crippen LogP contribution is 2.19. The van der Waals surface area contributed by atoms with Gasteiger partial charge in [0.2, 0.25) is 0 Å². The van der Waals surface area contributed by atoms with Gasteiger partial charge in [0.15, 0.2) is 0 Å². The molecule has 0 spiro atoms. The second-order valence-corrected chi connectivity index (χ2v) is 7.80. The molecule has 0 aliphatic carbocycles. The molecule has 0 saturated heterocycles. The van der Waals surface area contributed by atoms with Gasteiger partial charge in [-0.1, -0.05) is 137 Å². The van der Waals surface area contributed by atoms with Crippen LogP contribution in [0.25, 0.3) is 0 Å². The van der Waals surface area contributed by atoms with Crippen LogP contribution in [0.4, 0.5) is 0 Å². The van der Waals surface area contributed by atoms with E-state index in [1.807, 2.05) is 13.8 Å². The van der Waals surface area contributed by atoms with Crippen molar-refractivity contribution < 1.29 is 0 Å². The van der Waals surface area contributed by atoms with E-state index in [2.05, 4.69) is 65.8 Å². The maximum Gasteiger partial charge on any atom is -0.0250 e. The van der Waals surface area contributed by atoms with E-state index in [9.17, 15) is 0 Å². The summed E-state index contributed by atoms with van der Waals surface area (Å²) in [4.78, 5) is 0. The first-order chi connectivity index (χ1) is 13.1. The predicted molar refractivity (Wildman–Crippen MR) is 128 cm³/mol. The Morgan fingerprint density at radius 3 is 1.67 bits per heavy atom. The van der Waals surface area contributed by atoms with E-state index in [0.717, 1.165) is 18.3 Å². The number of hydrogen-bond donors (Lipinski definition) is 0. The molecule has 0 nitrogen and oxygen atoms in total. The van der Waals surface area contributed by atoms with Crippen molar-refractivity contribution >= 4 is 0 Å². The van der Waals surface area contributed by atoms with Crippen LogP contribution in [-0.4, -0.2) is 0 Å². The van der Waals surface area contributed by atoms with E-state index < -0.39 is 0 Å². The van der Waals surface area contributed by atoms with E-state index >= 15 is 0 Å². The summed E-state index contributed by atoms with van der Waals surface area (Å²) in [5.74, 6) is 1.84. The Balaban J connectivity index is 0. The minimum absolute atomic E-state index is 0.883. The Morgan fingerprint density at radius 1 is 0.667 bits per heavy atom. The van der Waals surface area contributed by atoms with E-state index in [1.54, 1.807) is 0 Å². The molecule has 0 amide bonds. The van der Waals surface area contributed by atoms with E-state index in [0.29, 0.717) is 0 Å². The van der Waals surface area contributed by atoms with Crippen LogP contribution in [0.2, 0.25) is 0 Å². The van der Waals surface area contributed by atoms with Crippen LogP contribution in [0.3, 0.4) is 0 Å². The molecule has 0 fully saturated rings. The van der Waals surface area contributed by atoms with Crippen LogP contribution in [0.5, 0.6) is 0 Å². The van der Waals surface area contributed by atoms with Crippen molar-refractivity contribution in [3.8, 4) is 0 Å². The van der Waals surface area contributed by atoms with Crippen molar-refractivity contribution in [2.45, 2.75) is 126 Å². The summed E-state index contributed by atoms with van der Waals surface area (Å²) in [7, 11) is 0. The lowest BCUT2D eigenvalue weighted by Crippen LogP contribution is -2.03. The van der Waals surface area contributed by atoms with Crippen molar-refractivity contribution in [2.75, 3.05) is 0 Å². The van der Waals surface area contributed by atoms with E-state index in [4.69, 9.17) is 0 Å². The van der Waals surface area contributed by atoms with Gasteiger partial charge in [-0.2, -0.15) is 0 Å². The van der Waals surface area contributed by atoms with Gasteiger partial charge in [0.1, 0.15) is 0 Å². The lowest BCUT2D eigenvalue weighted by molar-refractivity contribution is 0.442. The van der Waals surface area contributed by atoms with Crippen molar-refractivity contribution in [1.29, 1.82) is 0 Å². The highest BCUT2D eigenvalue weighted by molar-refractivity contribution is 5.22. The molecule has 1 rings (SSSR count). The maximum atomic E-state index is 2.33. The molecular formula is C27H52. The molecule has 0 aliphatic rings. The molecule has 0 aliphatic heterocycles. The first-order valence-electron chi connectivity index (χ1n) is 12.2. The average molecular weight is 377 g/mol. The van der Waals surface area contributed by atoms with Crippen LogP contribution in [-0.2, 0) is 12.8 Å². The number of hydrogen-bond acceptors (Lipinski definition) is 0. The molecule has 0 radical (unpaired) electrons. The minimum atomic E-state index is 0.883. The Kier molecular flexibility index (Phi) is 22.7. The summed E-state index contributed by atoms with van der Waals surface area (Å²) < 4.78 is 0. The van der Waals surface area contributed by atoms with Crippen molar-refractivity contribution in [3.63, 3.8) is 0 Å². The lowest BCUT2D eigenvalue weighted by atomic mass is 9.91. The highest BCUT2D eigenvalue weighted by Gasteiger charge is 2.07. The van der Waals surface area contributed by atoms with Crippen molar-refractivity contribution in [1.82, 2.24) is 0 Å². The van der Waals surface area contributed by atoms with Gasteiger partial charge >= 0.3 is 0 Å². The Hall–Kier alpha value is -0.780. The summed E-state index contributed by atoms with van der Waals surface area (Å²) in [6.45, 7) is 17.7. The molecule has 0 saturated carbocycles. The smallest absolute Gasteiger partial charge is 0.0250 e. The molecule has 0 aromatic heterocycles. The molecule has 160 valence electrons. The van der Waals surface area contributed by atoms with Gasteiger partial charge in [0.25, 0.3) is 0 Å². The van der Waals surface area contributed by atoms with E-state index in [-0.39, 0.29) is 0 Å². The molecule has 1 aromatic carbocycles. The van der Waals surface area contributed by atoms with Crippen LogP contribution in [0.1, 0.15) is 124 Å². The molecule has 2 atom stereocenters. The van der Waals surface area contributed by atoms with Gasteiger partial charge in [-0.15, -0.1) is 0 Å². The Labute approximate surface area is 173 Å². The fraction of sp³-hybridized carbons (Fsp3) is 0.778. The topological polar surface area (TPSA) is 0 Å². The van der Waals surface area contributed by atoms with Crippen LogP contribution in [0, 0.1) is 11.8 Å². The van der Waals surface area contributed by atoms with Gasteiger partial charge in [0.05, 0.1) is 0 Å². The predicted octanol–water partition coefficient (Wildman–Crippen LogP) is 9.65. The summed E-state index contributed by atoms with van der Waals surface area (Å²) in [6.07, 6.45) is 14.8. The van der Waals surface area contributed by atoms with Crippen LogP contribution < -0.4 is 0 Å². The molecule has 0 N–H and O–H groups in total. The zero-order valence-electron chi connectivity index (χ0n) is 20.2. The number of benzene rings is 1. The van der Waals surface area contributed by atoms with Gasteiger partial charge in [-0.25, -0.2) is 0 Å². The number of rotatable bonds is 12. The monoisotopic (exact) mass is 376 g/mol. The summed E-state index contributed by atoms with van der Waals surface area (Å²) in [5, 5.41) is 0. The van der Waals surface area contributed by atoms with Gasteiger partial charge in [0, 0.05) is 0 Å². The Morgan fingerprint density at radius 2 is 1.22 bits per heavy atom. The molecule has 0 heteroatoms.